The molecule has 0 saturated carbocycles. The van der Waals surface area contributed by atoms with Gasteiger partial charge in [0, 0.05) is 19.3 Å². The molecule has 1 aromatic carbocycles. The molecule has 1 aliphatic rings. The third-order valence-electron chi connectivity index (χ3n) is 4.25. The van der Waals surface area contributed by atoms with Crippen molar-refractivity contribution in [3.8, 4) is 0 Å². The third-order valence-corrected chi connectivity index (χ3v) is 4.25. The van der Waals surface area contributed by atoms with Gasteiger partial charge < -0.3 is 4.74 Å². The van der Waals surface area contributed by atoms with E-state index < -0.39 is 0 Å². The summed E-state index contributed by atoms with van der Waals surface area (Å²) < 4.78 is 5.41. The van der Waals surface area contributed by atoms with E-state index >= 15 is 0 Å². The normalized spacial score (nSPS) is 18.5. The Kier molecular flexibility index (Phi) is 5.37. The van der Waals surface area contributed by atoms with Crippen molar-refractivity contribution in [3.63, 3.8) is 0 Å². The molecule has 1 aliphatic heterocycles. The van der Waals surface area contributed by atoms with Gasteiger partial charge in [0.05, 0.1) is 0 Å². The van der Waals surface area contributed by atoms with Gasteiger partial charge in [0.15, 0.2) is 0 Å². The molecule has 1 fully saturated rings. The number of rotatable bonds is 5. The van der Waals surface area contributed by atoms with E-state index in [1.807, 2.05) is 0 Å². The Balaban J connectivity index is 1.92. The lowest BCUT2D eigenvalue weighted by molar-refractivity contribution is 0.0605. The lowest BCUT2D eigenvalue weighted by atomic mass is 9.89. The van der Waals surface area contributed by atoms with Crippen LogP contribution in [0.25, 0.3) is 0 Å². The van der Waals surface area contributed by atoms with E-state index in [2.05, 4.69) is 37.5 Å². The molecule has 0 aromatic heterocycles. The second-order valence-electron chi connectivity index (χ2n) is 5.78. The Bertz CT molecular complexity index is 400. The van der Waals surface area contributed by atoms with Crippen molar-refractivity contribution in [2.75, 3.05) is 13.2 Å². The number of aryl methyl sites for hydroxylation is 2. The summed E-state index contributed by atoms with van der Waals surface area (Å²) >= 11 is 0. The van der Waals surface area contributed by atoms with Gasteiger partial charge in [-0.1, -0.05) is 18.2 Å². The number of hydrogen-bond acceptors (Lipinski definition) is 3. The molecule has 1 saturated heterocycles. The summed E-state index contributed by atoms with van der Waals surface area (Å²) in [6.45, 7) is 6.14. The Morgan fingerprint density at radius 1 is 1.26 bits per heavy atom. The van der Waals surface area contributed by atoms with Crippen LogP contribution in [0.15, 0.2) is 18.2 Å². The van der Waals surface area contributed by atoms with Gasteiger partial charge in [-0.3, -0.25) is 11.3 Å². The average Bonchev–Trinajstić information content (AvgIpc) is 2.43. The van der Waals surface area contributed by atoms with E-state index in [9.17, 15) is 0 Å². The maximum absolute atomic E-state index is 5.72. The van der Waals surface area contributed by atoms with Crippen molar-refractivity contribution < 1.29 is 4.74 Å². The number of ether oxygens (including phenoxy) is 1. The molecule has 0 radical (unpaired) electrons. The quantitative estimate of drug-likeness (QED) is 0.633. The molecular weight excluding hydrogens is 236 g/mol. The number of nitrogens with two attached hydrogens (primary N) is 1. The molecule has 0 amide bonds. The zero-order valence-electron chi connectivity index (χ0n) is 12.1. The predicted molar refractivity (Wildman–Crippen MR) is 78.9 cm³/mol. The predicted octanol–water partition coefficient (Wildman–Crippen LogP) is 2.49. The van der Waals surface area contributed by atoms with Crippen LogP contribution in [-0.2, 0) is 11.2 Å². The number of nitrogens with one attached hydrogen (secondary N) is 1. The summed E-state index contributed by atoms with van der Waals surface area (Å²) in [5.74, 6) is 6.48. The van der Waals surface area contributed by atoms with Gasteiger partial charge in [-0.2, -0.15) is 0 Å². The van der Waals surface area contributed by atoms with Gasteiger partial charge in [0.1, 0.15) is 0 Å². The van der Waals surface area contributed by atoms with E-state index in [1.165, 1.54) is 29.5 Å². The first kappa shape index (κ1) is 14.5. The molecule has 1 heterocycles. The molecule has 0 spiro atoms. The second kappa shape index (κ2) is 7.04. The Morgan fingerprint density at radius 2 is 2.00 bits per heavy atom. The van der Waals surface area contributed by atoms with Crippen LogP contribution in [0.5, 0.6) is 0 Å². The third kappa shape index (κ3) is 4.30. The van der Waals surface area contributed by atoms with Crippen LogP contribution in [0.3, 0.4) is 0 Å². The molecule has 3 nitrogen and oxygen atoms in total. The highest BCUT2D eigenvalue weighted by atomic mass is 16.5. The van der Waals surface area contributed by atoms with Crippen molar-refractivity contribution >= 4 is 0 Å². The molecule has 106 valence electrons. The van der Waals surface area contributed by atoms with Crippen LogP contribution in [0.4, 0.5) is 0 Å². The lowest BCUT2D eigenvalue weighted by Gasteiger charge is -2.26. The highest BCUT2D eigenvalue weighted by Gasteiger charge is 2.19. The summed E-state index contributed by atoms with van der Waals surface area (Å²) in [4.78, 5) is 0. The first-order chi connectivity index (χ1) is 9.19. The molecule has 0 bridgehead atoms. The van der Waals surface area contributed by atoms with Crippen LogP contribution in [-0.4, -0.2) is 19.3 Å². The summed E-state index contributed by atoms with van der Waals surface area (Å²) in [5.41, 5.74) is 7.08. The van der Waals surface area contributed by atoms with E-state index in [4.69, 9.17) is 10.6 Å². The molecule has 2 rings (SSSR count). The zero-order chi connectivity index (χ0) is 13.7. The van der Waals surface area contributed by atoms with Crippen molar-refractivity contribution in [1.29, 1.82) is 0 Å². The molecule has 3 N–H and O–H groups in total. The monoisotopic (exact) mass is 262 g/mol. The molecule has 1 atom stereocenters. The highest BCUT2D eigenvalue weighted by molar-refractivity contribution is 5.30. The summed E-state index contributed by atoms with van der Waals surface area (Å²) in [5, 5.41) is 0. The lowest BCUT2D eigenvalue weighted by Crippen LogP contribution is -2.39. The number of hydrazine groups is 1. The Morgan fingerprint density at radius 3 is 2.63 bits per heavy atom. The fourth-order valence-corrected chi connectivity index (χ4v) is 2.81. The fourth-order valence-electron chi connectivity index (χ4n) is 2.81. The Hall–Kier alpha value is -0.900. The van der Waals surface area contributed by atoms with Crippen LogP contribution < -0.4 is 11.3 Å². The minimum absolute atomic E-state index is 0.366. The van der Waals surface area contributed by atoms with Gasteiger partial charge in [0.2, 0.25) is 0 Å². The highest BCUT2D eigenvalue weighted by Crippen LogP contribution is 2.22. The van der Waals surface area contributed by atoms with E-state index in [-0.39, 0.29) is 0 Å². The second-order valence-corrected chi connectivity index (χ2v) is 5.78. The SMILES string of the molecule is Cc1ccc(CC(CC2CCOCC2)NN)cc1C. The van der Waals surface area contributed by atoms with Crippen molar-refractivity contribution in [1.82, 2.24) is 5.43 Å². The zero-order valence-corrected chi connectivity index (χ0v) is 12.1. The van der Waals surface area contributed by atoms with Crippen molar-refractivity contribution in [2.45, 2.75) is 45.6 Å². The summed E-state index contributed by atoms with van der Waals surface area (Å²) in [7, 11) is 0. The molecule has 3 heteroatoms. The van der Waals surface area contributed by atoms with Crippen LogP contribution in [0, 0.1) is 19.8 Å². The smallest absolute Gasteiger partial charge is 0.0468 e. The largest absolute Gasteiger partial charge is 0.381 e. The first-order valence-electron chi connectivity index (χ1n) is 7.29. The van der Waals surface area contributed by atoms with Gasteiger partial charge in [-0.25, -0.2) is 0 Å². The van der Waals surface area contributed by atoms with Crippen LogP contribution in [0.2, 0.25) is 0 Å². The molecular formula is C16H26N2O. The van der Waals surface area contributed by atoms with Crippen molar-refractivity contribution in [2.24, 2.45) is 11.8 Å². The van der Waals surface area contributed by atoms with Crippen LogP contribution in [0.1, 0.15) is 36.0 Å². The summed E-state index contributed by atoms with van der Waals surface area (Å²) in [6, 6.07) is 7.07. The van der Waals surface area contributed by atoms with E-state index in [1.54, 1.807) is 0 Å². The Labute approximate surface area is 116 Å². The van der Waals surface area contributed by atoms with Gasteiger partial charge >= 0.3 is 0 Å². The standard InChI is InChI=1S/C16H26N2O/c1-12-3-4-15(9-13(12)2)11-16(18-17)10-14-5-7-19-8-6-14/h3-4,9,14,16,18H,5-8,10-11,17H2,1-2H3. The molecule has 1 unspecified atom stereocenters. The van der Waals surface area contributed by atoms with Crippen molar-refractivity contribution in [3.05, 3.63) is 34.9 Å². The van der Waals surface area contributed by atoms with Gasteiger partial charge in [-0.15, -0.1) is 0 Å². The van der Waals surface area contributed by atoms with Gasteiger partial charge in [-0.05, 0) is 62.1 Å². The maximum Gasteiger partial charge on any atom is 0.0468 e. The summed E-state index contributed by atoms with van der Waals surface area (Å²) in [6.07, 6.45) is 4.50. The maximum atomic E-state index is 5.72. The number of hydrogen-bond donors (Lipinski definition) is 2. The molecule has 1 aromatic rings. The first-order valence-corrected chi connectivity index (χ1v) is 7.29. The molecule has 19 heavy (non-hydrogen) atoms. The van der Waals surface area contributed by atoms with E-state index in [0.717, 1.165) is 32.0 Å². The molecule has 0 aliphatic carbocycles. The minimum Gasteiger partial charge on any atom is -0.381 e. The van der Waals surface area contributed by atoms with Crippen LogP contribution >= 0.6 is 0 Å². The fraction of sp³-hybridized carbons (Fsp3) is 0.625. The number of benzene rings is 1. The minimum atomic E-state index is 0.366. The topological polar surface area (TPSA) is 47.3 Å². The van der Waals surface area contributed by atoms with Gasteiger partial charge in [0.25, 0.3) is 0 Å². The average molecular weight is 262 g/mol. The van der Waals surface area contributed by atoms with E-state index in [0.29, 0.717) is 6.04 Å².